The number of benzene rings is 1. The molecule has 1 saturated heterocycles. The summed E-state index contributed by atoms with van der Waals surface area (Å²) in [4.78, 5) is 11.8. The Kier molecular flexibility index (Phi) is 4.54. The van der Waals surface area contributed by atoms with Crippen molar-refractivity contribution in [3.8, 4) is 0 Å². The van der Waals surface area contributed by atoms with Gasteiger partial charge in [-0.15, -0.1) is 0 Å². The summed E-state index contributed by atoms with van der Waals surface area (Å²) in [7, 11) is 0. The molecule has 2 amide bonds. The minimum absolute atomic E-state index is 0.0898. The molecule has 0 saturated carbocycles. The molecule has 1 aromatic rings. The van der Waals surface area contributed by atoms with Gasteiger partial charge in [-0.25, -0.2) is 4.79 Å². The Morgan fingerprint density at radius 2 is 2.00 bits per heavy atom. The molecule has 2 rings (SSSR count). The van der Waals surface area contributed by atoms with Gasteiger partial charge in [0.05, 0.1) is 13.2 Å². The fourth-order valence-corrected chi connectivity index (χ4v) is 2.21. The Bertz CT molecular complexity index is 485. The summed E-state index contributed by atoms with van der Waals surface area (Å²) < 4.78 is 5.13. The number of urea groups is 1. The van der Waals surface area contributed by atoms with Crippen molar-refractivity contribution < 1.29 is 14.6 Å². The van der Waals surface area contributed by atoms with Gasteiger partial charge in [0.1, 0.15) is 5.60 Å². The number of hydrogen-bond donors (Lipinski definition) is 3. The van der Waals surface area contributed by atoms with Crippen molar-refractivity contribution in [3.63, 3.8) is 0 Å². The molecular weight excluding hydrogens is 268 g/mol. The van der Waals surface area contributed by atoms with E-state index >= 15 is 0 Å². The largest absolute Gasteiger partial charge is 0.386 e. The summed E-state index contributed by atoms with van der Waals surface area (Å²) in [5, 5.41) is 15.5. The third kappa shape index (κ3) is 4.44. The van der Waals surface area contributed by atoms with Crippen LogP contribution in [-0.2, 0) is 10.2 Å². The third-order valence-electron chi connectivity index (χ3n) is 3.67. The number of nitrogens with one attached hydrogen (secondary N) is 2. The number of aliphatic hydroxyl groups is 1. The summed E-state index contributed by atoms with van der Waals surface area (Å²) >= 11 is 0. The van der Waals surface area contributed by atoms with Crippen LogP contribution < -0.4 is 10.6 Å². The van der Waals surface area contributed by atoms with E-state index in [1.165, 1.54) is 5.56 Å². The number of hydrogen-bond acceptors (Lipinski definition) is 3. The van der Waals surface area contributed by atoms with Gasteiger partial charge >= 0.3 is 6.03 Å². The lowest BCUT2D eigenvalue weighted by atomic mass is 9.87. The highest BCUT2D eigenvalue weighted by Gasteiger charge is 2.32. The molecule has 1 heterocycles. The first-order valence-corrected chi connectivity index (χ1v) is 7.24. The van der Waals surface area contributed by atoms with Crippen molar-refractivity contribution >= 4 is 11.7 Å². The summed E-state index contributed by atoms with van der Waals surface area (Å²) in [5.74, 6) is 0. The molecular formula is C16H24N2O3. The van der Waals surface area contributed by atoms with Crippen LogP contribution >= 0.6 is 0 Å². The molecule has 3 N–H and O–H groups in total. The van der Waals surface area contributed by atoms with E-state index in [1.807, 2.05) is 24.3 Å². The van der Waals surface area contributed by atoms with Crippen LogP contribution in [-0.4, -0.2) is 36.5 Å². The molecule has 0 bridgehead atoms. The smallest absolute Gasteiger partial charge is 0.319 e. The molecule has 1 aromatic carbocycles. The molecule has 0 radical (unpaired) electrons. The Morgan fingerprint density at radius 1 is 1.33 bits per heavy atom. The van der Waals surface area contributed by atoms with Gasteiger partial charge in [0, 0.05) is 18.7 Å². The molecule has 0 aliphatic carbocycles. The van der Waals surface area contributed by atoms with Crippen molar-refractivity contribution in [2.75, 3.05) is 25.1 Å². The van der Waals surface area contributed by atoms with Gasteiger partial charge in [0.2, 0.25) is 0 Å². The molecule has 116 valence electrons. The number of rotatable bonds is 3. The molecule has 5 nitrogen and oxygen atoms in total. The van der Waals surface area contributed by atoms with Crippen LogP contribution in [0.1, 0.15) is 32.8 Å². The fraction of sp³-hybridized carbons (Fsp3) is 0.562. The quantitative estimate of drug-likeness (QED) is 0.800. The lowest BCUT2D eigenvalue weighted by molar-refractivity contribution is 0.0295. The Morgan fingerprint density at radius 3 is 2.52 bits per heavy atom. The first-order valence-electron chi connectivity index (χ1n) is 7.24. The predicted molar refractivity (Wildman–Crippen MR) is 82.5 cm³/mol. The van der Waals surface area contributed by atoms with E-state index in [2.05, 4.69) is 31.4 Å². The van der Waals surface area contributed by atoms with E-state index in [0.29, 0.717) is 13.0 Å². The number of carbonyl (C=O) groups excluding carboxylic acids is 1. The molecule has 0 aromatic heterocycles. The van der Waals surface area contributed by atoms with Crippen LogP contribution in [0.15, 0.2) is 24.3 Å². The zero-order chi connectivity index (χ0) is 15.5. The van der Waals surface area contributed by atoms with Gasteiger partial charge in [0.15, 0.2) is 0 Å². The number of amides is 2. The maximum atomic E-state index is 11.8. The molecule has 1 fully saturated rings. The van der Waals surface area contributed by atoms with E-state index in [9.17, 15) is 9.90 Å². The zero-order valence-corrected chi connectivity index (χ0v) is 12.9. The summed E-state index contributed by atoms with van der Waals surface area (Å²) in [5.41, 5.74) is 1.10. The second-order valence-electron chi connectivity index (χ2n) is 6.66. The topological polar surface area (TPSA) is 70.6 Å². The van der Waals surface area contributed by atoms with Gasteiger partial charge in [0.25, 0.3) is 0 Å². The summed E-state index contributed by atoms with van der Waals surface area (Å²) in [6, 6.07) is 7.46. The van der Waals surface area contributed by atoms with Crippen molar-refractivity contribution in [2.24, 2.45) is 0 Å². The number of ether oxygens (including phenoxy) is 1. The molecule has 0 spiro atoms. The average Bonchev–Trinajstić information content (AvgIpc) is 2.84. The normalized spacial score (nSPS) is 22.1. The molecule has 1 atom stereocenters. The highest BCUT2D eigenvalue weighted by molar-refractivity contribution is 5.89. The maximum absolute atomic E-state index is 11.8. The Balaban J connectivity index is 1.85. The van der Waals surface area contributed by atoms with Crippen LogP contribution in [0.25, 0.3) is 0 Å². The van der Waals surface area contributed by atoms with E-state index in [1.54, 1.807) is 0 Å². The maximum Gasteiger partial charge on any atom is 0.319 e. The zero-order valence-electron chi connectivity index (χ0n) is 12.9. The van der Waals surface area contributed by atoms with Gasteiger partial charge in [-0.05, 0) is 23.1 Å². The first kappa shape index (κ1) is 15.8. The van der Waals surface area contributed by atoms with Crippen molar-refractivity contribution in [1.29, 1.82) is 0 Å². The summed E-state index contributed by atoms with van der Waals surface area (Å²) in [6.45, 7) is 7.44. The predicted octanol–water partition coefficient (Wildman–Crippen LogP) is 2.26. The van der Waals surface area contributed by atoms with Crippen molar-refractivity contribution in [2.45, 2.75) is 38.2 Å². The highest BCUT2D eigenvalue weighted by Crippen LogP contribution is 2.23. The average molecular weight is 292 g/mol. The minimum atomic E-state index is -0.937. The van der Waals surface area contributed by atoms with E-state index in [0.717, 1.165) is 5.69 Å². The minimum Gasteiger partial charge on any atom is -0.386 e. The van der Waals surface area contributed by atoms with Crippen molar-refractivity contribution in [1.82, 2.24) is 5.32 Å². The SMILES string of the molecule is CC(C)(C)c1ccc(NC(=O)NCC2(O)CCOC2)cc1. The van der Waals surface area contributed by atoms with Crippen LogP contribution in [0.5, 0.6) is 0 Å². The van der Waals surface area contributed by atoms with Gasteiger partial charge in [-0.3, -0.25) is 0 Å². The Labute approximate surface area is 125 Å². The lowest BCUT2D eigenvalue weighted by Crippen LogP contribution is -2.44. The van der Waals surface area contributed by atoms with E-state index in [4.69, 9.17) is 4.74 Å². The highest BCUT2D eigenvalue weighted by atomic mass is 16.5. The van der Waals surface area contributed by atoms with E-state index in [-0.39, 0.29) is 24.6 Å². The van der Waals surface area contributed by atoms with Crippen LogP contribution in [0.2, 0.25) is 0 Å². The molecule has 1 unspecified atom stereocenters. The fourth-order valence-electron chi connectivity index (χ4n) is 2.21. The standard InChI is InChI=1S/C16H24N2O3/c1-15(2,3)12-4-6-13(7-5-12)18-14(19)17-10-16(20)8-9-21-11-16/h4-7,20H,8-11H2,1-3H3,(H2,17,18,19). The van der Waals surface area contributed by atoms with E-state index < -0.39 is 5.60 Å². The lowest BCUT2D eigenvalue weighted by Gasteiger charge is -2.21. The summed E-state index contributed by atoms with van der Waals surface area (Å²) in [6.07, 6.45) is 0.549. The van der Waals surface area contributed by atoms with Gasteiger partial charge in [-0.1, -0.05) is 32.9 Å². The monoisotopic (exact) mass is 292 g/mol. The second-order valence-corrected chi connectivity index (χ2v) is 6.66. The second kappa shape index (κ2) is 6.03. The third-order valence-corrected chi connectivity index (χ3v) is 3.67. The molecule has 21 heavy (non-hydrogen) atoms. The van der Waals surface area contributed by atoms with Crippen molar-refractivity contribution in [3.05, 3.63) is 29.8 Å². The molecule has 1 aliphatic heterocycles. The number of carbonyl (C=O) groups is 1. The van der Waals surface area contributed by atoms with Crippen LogP contribution in [0.4, 0.5) is 10.5 Å². The van der Waals surface area contributed by atoms with Crippen LogP contribution in [0.3, 0.4) is 0 Å². The number of anilines is 1. The Hall–Kier alpha value is -1.59. The molecule has 1 aliphatic rings. The van der Waals surface area contributed by atoms with Gasteiger partial charge < -0.3 is 20.5 Å². The first-order chi connectivity index (χ1) is 9.78. The van der Waals surface area contributed by atoms with Crippen LogP contribution in [0, 0.1) is 0 Å². The van der Waals surface area contributed by atoms with Gasteiger partial charge in [-0.2, -0.15) is 0 Å². The molecule has 5 heteroatoms.